The molecule has 0 unspecified atom stereocenters. The van der Waals surface area contributed by atoms with Gasteiger partial charge in [-0.25, -0.2) is 0 Å². The lowest BCUT2D eigenvalue weighted by Crippen LogP contribution is -2.43. The number of carbonyl (C=O) groups excluding carboxylic acids is 1. The van der Waals surface area contributed by atoms with E-state index in [1.165, 1.54) is 5.56 Å². The Bertz CT molecular complexity index is 648. The van der Waals surface area contributed by atoms with Gasteiger partial charge in [-0.2, -0.15) is 0 Å². The molecular formula is C22H35NO4Si. The Kier molecular flexibility index (Phi) is 6.97. The Labute approximate surface area is 169 Å². The lowest BCUT2D eigenvalue weighted by atomic mass is 9.95. The van der Waals surface area contributed by atoms with Crippen LogP contribution < -0.4 is 0 Å². The van der Waals surface area contributed by atoms with Crippen molar-refractivity contribution in [1.29, 1.82) is 0 Å². The summed E-state index contributed by atoms with van der Waals surface area (Å²) in [6.45, 7) is 6.83. The summed E-state index contributed by atoms with van der Waals surface area (Å²) in [4.78, 5) is 25.6. The Hall–Kier alpha value is -1.21. The molecule has 5 atom stereocenters. The number of hydrogen-bond donors (Lipinski definition) is 2. The van der Waals surface area contributed by atoms with Crippen molar-refractivity contribution >= 4 is 14.2 Å². The molecule has 2 fully saturated rings. The number of rotatable bonds is 7. The van der Waals surface area contributed by atoms with E-state index in [2.05, 4.69) is 31.2 Å². The van der Waals surface area contributed by atoms with Crippen LogP contribution in [0.4, 0.5) is 0 Å². The van der Waals surface area contributed by atoms with Crippen LogP contribution in [0.3, 0.4) is 0 Å². The monoisotopic (exact) mass is 405 g/mol. The van der Waals surface area contributed by atoms with Gasteiger partial charge in [0, 0.05) is 12.1 Å². The van der Waals surface area contributed by atoms with Gasteiger partial charge >= 0.3 is 0 Å². The summed E-state index contributed by atoms with van der Waals surface area (Å²) in [6.07, 6.45) is 3.80. The van der Waals surface area contributed by atoms with Crippen LogP contribution in [-0.4, -0.2) is 60.4 Å². The molecule has 0 saturated carbocycles. The van der Waals surface area contributed by atoms with E-state index in [4.69, 9.17) is 4.74 Å². The van der Waals surface area contributed by atoms with Crippen molar-refractivity contribution in [2.45, 2.75) is 75.9 Å². The zero-order valence-electron chi connectivity index (χ0n) is 17.4. The molecule has 1 aromatic carbocycles. The van der Waals surface area contributed by atoms with Crippen molar-refractivity contribution in [3.05, 3.63) is 35.9 Å². The minimum Gasteiger partial charge on any atom is -0.432 e. The van der Waals surface area contributed by atoms with Gasteiger partial charge in [0.15, 0.2) is 8.32 Å². The molecule has 2 heterocycles. The highest BCUT2D eigenvalue weighted by molar-refractivity contribution is 6.71. The average molecular weight is 406 g/mol. The molecule has 2 aliphatic heterocycles. The number of carbonyl (C=O) groups is 1. The standard InChI is InChI=1S/C22H35NO4Si/c1-16-19(12-11-17-8-5-4-6-9-17)27-20(22(16)28(2,3)26)14-21(25)23-13-7-10-18(23)15-24/h4-6,8-9,16,18-20,22,24,26H,7,10-15H2,1-3H3/t16-,18+,19+,20-,22+/m1/s1. The second-order valence-corrected chi connectivity index (χ2v) is 13.0. The van der Waals surface area contributed by atoms with Crippen LogP contribution in [0.15, 0.2) is 30.3 Å². The number of hydrogen-bond acceptors (Lipinski definition) is 4. The SMILES string of the molecule is C[C@H]1[C@H]([Si](C)(C)O)[C@@H](CC(=O)N2CCC[C@H]2CO)O[C@H]1CCc1ccccc1. The number of ether oxygens (including phenoxy) is 1. The van der Waals surface area contributed by atoms with Crippen LogP contribution in [0, 0.1) is 5.92 Å². The minimum atomic E-state index is -2.48. The van der Waals surface area contributed by atoms with Gasteiger partial charge in [0.1, 0.15) is 0 Å². The van der Waals surface area contributed by atoms with Gasteiger partial charge < -0.3 is 19.5 Å². The van der Waals surface area contributed by atoms with E-state index in [9.17, 15) is 14.7 Å². The van der Waals surface area contributed by atoms with Crippen molar-refractivity contribution in [3.8, 4) is 0 Å². The van der Waals surface area contributed by atoms with Crippen LogP contribution in [0.5, 0.6) is 0 Å². The summed E-state index contributed by atoms with van der Waals surface area (Å²) in [6, 6.07) is 10.3. The number of amides is 1. The largest absolute Gasteiger partial charge is 0.432 e. The Morgan fingerprint density at radius 1 is 1.25 bits per heavy atom. The number of likely N-dealkylation sites (tertiary alicyclic amines) is 1. The molecule has 2 aliphatic rings. The molecule has 3 rings (SSSR count). The number of aliphatic hydroxyl groups excluding tert-OH is 1. The van der Waals surface area contributed by atoms with E-state index in [1.54, 1.807) is 0 Å². The summed E-state index contributed by atoms with van der Waals surface area (Å²) in [5.74, 6) is 0.293. The third-order valence-corrected chi connectivity index (χ3v) is 9.09. The fourth-order valence-corrected chi connectivity index (χ4v) is 7.81. The quantitative estimate of drug-likeness (QED) is 0.684. The van der Waals surface area contributed by atoms with Gasteiger partial charge in [-0.15, -0.1) is 0 Å². The smallest absolute Gasteiger partial charge is 0.225 e. The van der Waals surface area contributed by atoms with Crippen molar-refractivity contribution in [2.24, 2.45) is 5.92 Å². The van der Waals surface area contributed by atoms with Crippen LogP contribution in [0.2, 0.25) is 18.6 Å². The molecule has 28 heavy (non-hydrogen) atoms. The normalized spacial score (nSPS) is 30.8. The maximum absolute atomic E-state index is 12.9. The van der Waals surface area contributed by atoms with Gasteiger partial charge in [-0.1, -0.05) is 37.3 Å². The summed E-state index contributed by atoms with van der Waals surface area (Å²) in [5.41, 5.74) is 1.34. The molecule has 2 N–H and O–H groups in total. The van der Waals surface area contributed by atoms with Gasteiger partial charge in [-0.05, 0) is 50.3 Å². The van der Waals surface area contributed by atoms with Crippen molar-refractivity contribution in [3.63, 3.8) is 0 Å². The first kappa shape index (κ1) is 21.5. The highest BCUT2D eigenvalue weighted by Crippen LogP contribution is 2.45. The summed E-state index contributed by atoms with van der Waals surface area (Å²) >= 11 is 0. The molecule has 0 radical (unpaired) electrons. The summed E-state index contributed by atoms with van der Waals surface area (Å²) in [5, 5.41) is 9.53. The Balaban J connectivity index is 1.67. The second kappa shape index (κ2) is 9.07. The van der Waals surface area contributed by atoms with Crippen molar-refractivity contribution in [2.75, 3.05) is 13.2 Å². The molecule has 5 nitrogen and oxygen atoms in total. The van der Waals surface area contributed by atoms with Gasteiger partial charge in [0.25, 0.3) is 0 Å². The van der Waals surface area contributed by atoms with E-state index in [-0.39, 0.29) is 42.2 Å². The number of aryl methyl sites for hydroxylation is 1. The summed E-state index contributed by atoms with van der Waals surface area (Å²) < 4.78 is 6.40. The average Bonchev–Trinajstić information content (AvgIpc) is 3.24. The number of nitrogens with zero attached hydrogens (tertiary/aromatic N) is 1. The topological polar surface area (TPSA) is 70.0 Å². The molecule has 1 amide bonds. The molecule has 0 aliphatic carbocycles. The molecule has 0 spiro atoms. The minimum absolute atomic E-state index is 0.0248. The van der Waals surface area contributed by atoms with E-state index < -0.39 is 8.32 Å². The van der Waals surface area contributed by atoms with Gasteiger partial charge in [0.2, 0.25) is 5.91 Å². The van der Waals surface area contributed by atoms with Gasteiger partial charge in [0.05, 0.1) is 31.3 Å². The highest BCUT2D eigenvalue weighted by Gasteiger charge is 2.50. The molecule has 0 bridgehead atoms. The zero-order chi connectivity index (χ0) is 20.3. The fraction of sp³-hybridized carbons (Fsp3) is 0.682. The van der Waals surface area contributed by atoms with E-state index in [0.717, 1.165) is 25.7 Å². The molecule has 6 heteroatoms. The first-order chi connectivity index (χ1) is 13.3. The lowest BCUT2D eigenvalue weighted by Gasteiger charge is -2.31. The molecule has 2 saturated heterocycles. The van der Waals surface area contributed by atoms with Crippen LogP contribution in [-0.2, 0) is 16.0 Å². The van der Waals surface area contributed by atoms with E-state index >= 15 is 0 Å². The van der Waals surface area contributed by atoms with Crippen molar-refractivity contribution in [1.82, 2.24) is 4.90 Å². The Morgan fingerprint density at radius 3 is 2.61 bits per heavy atom. The molecule has 156 valence electrons. The third-order valence-electron chi connectivity index (χ3n) is 6.56. The maximum Gasteiger partial charge on any atom is 0.225 e. The summed E-state index contributed by atoms with van der Waals surface area (Å²) in [7, 11) is -2.48. The number of aliphatic hydroxyl groups is 1. The first-order valence-electron chi connectivity index (χ1n) is 10.6. The van der Waals surface area contributed by atoms with Crippen LogP contribution >= 0.6 is 0 Å². The first-order valence-corrected chi connectivity index (χ1v) is 13.7. The molecular weight excluding hydrogens is 370 g/mol. The zero-order valence-corrected chi connectivity index (χ0v) is 18.4. The van der Waals surface area contributed by atoms with E-state index in [1.807, 2.05) is 24.1 Å². The lowest BCUT2D eigenvalue weighted by molar-refractivity contribution is -0.135. The molecule has 0 aromatic heterocycles. The third kappa shape index (κ3) is 4.85. The maximum atomic E-state index is 12.9. The highest BCUT2D eigenvalue weighted by atomic mass is 28.4. The predicted molar refractivity (Wildman–Crippen MR) is 112 cm³/mol. The predicted octanol–water partition coefficient (Wildman–Crippen LogP) is 2.96. The van der Waals surface area contributed by atoms with E-state index in [0.29, 0.717) is 13.0 Å². The fourth-order valence-electron chi connectivity index (χ4n) is 5.20. The second-order valence-electron chi connectivity index (χ2n) is 9.05. The van der Waals surface area contributed by atoms with Gasteiger partial charge in [-0.3, -0.25) is 4.79 Å². The Morgan fingerprint density at radius 2 is 1.96 bits per heavy atom. The number of benzene rings is 1. The molecule has 1 aromatic rings. The van der Waals surface area contributed by atoms with Crippen molar-refractivity contribution < 1.29 is 19.4 Å². The van der Waals surface area contributed by atoms with Crippen LogP contribution in [0.25, 0.3) is 0 Å². The van der Waals surface area contributed by atoms with Crippen LogP contribution in [0.1, 0.15) is 38.2 Å².